The second-order valence-corrected chi connectivity index (χ2v) is 7.74. The van der Waals surface area contributed by atoms with Crippen LogP contribution < -0.4 is 11.3 Å². The van der Waals surface area contributed by atoms with Gasteiger partial charge in [0.2, 0.25) is 0 Å². The number of hydrazine groups is 1. The maximum atomic E-state index is 11.4. The average Bonchev–Trinajstić information content (AvgIpc) is 2.44. The molecule has 0 heterocycles. The Labute approximate surface area is 122 Å². The molecular weight excluding hydrogens is 272 g/mol. The van der Waals surface area contributed by atoms with Gasteiger partial charge in [-0.25, -0.2) is 8.42 Å². The molecule has 114 valence electrons. The summed E-state index contributed by atoms with van der Waals surface area (Å²) < 4.78 is 22.9. The van der Waals surface area contributed by atoms with Crippen molar-refractivity contribution in [3.8, 4) is 0 Å². The molecule has 20 heavy (non-hydrogen) atoms. The molecule has 0 aliphatic rings. The van der Waals surface area contributed by atoms with Crippen LogP contribution >= 0.6 is 0 Å². The zero-order valence-corrected chi connectivity index (χ0v) is 13.2. The van der Waals surface area contributed by atoms with Crippen molar-refractivity contribution in [2.45, 2.75) is 45.6 Å². The maximum absolute atomic E-state index is 11.4. The molecule has 1 unspecified atom stereocenters. The van der Waals surface area contributed by atoms with Gasteiger partial charge in [-0.05, 0) is 38.2 Å². The molecule has 4 nitrogen and oxygen atoms in total. The summed E-state index contributed by atoms with van der Waals surface area (Å²) in [6.07, 6.45) is 3.34. The first-order valence-electron chi connectivity index (χ1n) is 7.19. The Morgan fingerprint density at radius 1 is 1.20 bits per heavy atom. The third-order valence-electron chi connectivity index (χ3n) is 3.59. The molecule has 0 spiro atoms. The normalized spacial score (nSPS) is 13.3. The second kappa shape index (κ2) is 8.39. The predicted molar refractivity (Wildman–Crippen MR) is 84.2 cm³/mol. The van der Waals surface area contributed by atoms with Crippen molar-refractivity contribution in [1.82, 2.24) is 5.43 Å². The topological polar surface area (TPSA) is 72.2 Å². The third kappa shape index (κ3) is 6.50. The SMILES string of the molecule is CCS(=O)(=O)CCCC(CCc1ccc(C)cc1)NN. The summed E-state index contributed by atoms with van der Waals surface area (Å²) >= 11 is 0. The summed E-state index contributed by atoms with van der Waals surface area (Å²) in [5.74, 6) is 6.02. The Morgan fingerprint density at radius 3 is 2.40 bits per heavy atom. The zero-order chi connectivity index (χ0) is 15.0. The standard InChI is InChI=1S/C15H26N2O2S/c1-3-20(18,19)12-4-5-15(17-16)11-10-14-8-6-13(2)7-9-14/h6-9,15,17H,3-5,10-12,16H2,1-2H3. The van der Waals surface area contributed by atoms with E-state index in [0.717, 1.165) is 19.3 Å². The molecule has 0 radical (unpaired) electrons. The molecule has 1 atom stereocenters. The molecule has 0 aliphatic carbocycles. The van der Waals surface area contributed by atoms with Crippen LogP contribution in [0.3, 0.4) is 0 Å². The number of sulfone groups is 1. The summed E-state index contributed by atoms with van der Waals surface area (Å²) in [6.45, 7) is 3.76. The Morgan fingerprint density at radius 2 is 1.85 bits per heavy atom. The molecule has 0 aliphatic heterocycles. The van der Waals surface area contributed by atoms with Gasteiger partial charge in [-0.3, -0.25) is 11.3 Å². The van der Waals surface area contributed by atoms with Gasteiger partial charge in [0, 0.05) is 11.8 Å². The Hall–Kier alpha value is -0.910. The van der Waals surface area contributed by atoms with E-state index in [2.05, 4.69) is 36.6 Å². The smallest absolute Gasteiger partial charge is 0.150 e. The minimum atomic E-state index is -2.86. The van der Waals surface area contributed by atoms with Gasteiger partial charge in [0.1, 0.15) is 9.84 Å². The van der Waals surface area contributed by atoms with Crippen molar-refractivity contribution in [3.05, 3.63) is 35.4 Å². The van der Waals surface area contributed by atoms with E-state index in [-0.39, 0.29) is 17.5 Å². The molecule has 3 N–H and O–H groups in total. The lowest BCUT2D eigenvalue weighted by molar-refractivity contribution is 0.458. The highest BCUT2D eigenvalue weighted by Gasteiger charge is 2.11. The molecule has 0 amide bonds. The van der Waals surface area contributed by atoms with Gasteiger partial charge < -0.3 is 0 Å². The minimum absolute atomic E-state index is 0.170. The molecule has 1 rings (SSSR count). The number of nitrogens with two attached hydrogens (primary N) is 1. The van der Waals surface area contributed by atoms with Gasteiger partial charge in [-0.15, -0.1) is 0 Å². The second-order valence-electron chi connectivity index (χ2n) is 5.27. The fourth-order valence-electron chi connectivity index (χ4n) is 2.10. The van der Waals surface area contributed by atoms with Crippen LogP contribution in [-0.4, -0.2) is 26.0 Å². The fraction of sp³-hybridized carbons (Fsp3) is 0.600. The molecule has 0 saturated heterocycles. The molecule has 0 fully saturated rings. The largest absolute Gasteiger partial charge is 0.271 e. The third-order valence-corrected chi connectivity index (χ3v) is 5.38. The highest BCUT2D eigenvalue weighted by molar-refractivity contribution is 7.91. The molecular formula is C15H26N2O2S. The van der Waals surface area contributed by atoms with E-state index < -0.39 is 9.84 Å². The number of aryl methyl sites for hydroxylation is 2. The summed E-state index contributed by atoms with van der Waals surface area (Å²) in [6, 6.07) is 8.64. The van der Waals surface area contributed by atoms with E-state index in [1.165, 1.54) is 11.1 Å². The first-order valence-corrected chi connectivity index (χ1v) is 9.01. The van der Waals surface area contributed by atoms with E-state index >= 15 is 0 Å². The van der Waals surface area contributed by atoms with E-state index in [1.807, 2.05) is 0 Å². The van der Waals surface area contributed by atoms with Gasteiger partial charge in [-0.1, -0.05) is 36.8 Å². The fourth-order valence-corrected chi connectivity index (χ4v) is 3.00. The molecule has 0 bridgehead atoms. The Bertz CT molecular complexity index is 483. The van der Waals surface area contributed by atoms with E-state index in [4.69, 9.17) is 5.84 Å². The minimum Gasteiger partial charge on any atom is -0.271 e. The molecule has 0 saturated carbocycles. The van der Waals surface area contributed by atoms with Gasteiger partial charge >= 0.3 is 0 Å². The van der Waals surface area contributed by atoms with Crippen molar-refractivity contribution in [2.24, 2.45) is 5.84 Å². The number of hydrogen-bond acceptors (Lipinski definition) is 4. The quantitative estimate of drug-likeness (QED) is 0.540. The number of benzene rings is 1. The summed E-state index contributed by atoms with van der Waals surface area (Å²) in [4.78, 5) is 0. The lowest BCUT2D eigenvalue weighted by Crippen LogP contribution is -2.35. The molecule has 5 heteroatoms. The summed E-state index contributed by atoms with van der Waals surface area (Å²) in [7, 11) is -2.86. The van der Waals surface area contributed by atoms with Crippen molar-refractivity contribution in [2.75, 3.05) is 11.5 Å². The number of nitrogens with one attached hydrogen (secondary N) is 1. The van der Waals surface area contributed by atoms with Gasteiger partial charge in [0.25, 0.3) is 0 Å². The van der Waals surface area contributed by atoms with Crippen LogP contribution in [0.4, 0.5) is 0 Å². The lowest BCUT2D eigenvalue weighted by atomic mass is 10.0. The molecule has 1 aromatic carbocycles. The van der Waals surface area contributed by atoms with Crippen LogP contribution in [0.15, 0.2) is 24.3 Å². The van der Waals surface area contributed by atoms with E-state index in [1.54, 1.807) is 6.92 Å². The number of hydrogen-bond donors (Lipinski definition) is 2. The van der Waals surface area contributed by atoms with E-state index in [0.29, 0.717) is 6.42 Å². The van der Waals surface area contributed by atoms with Crippen molar-refractivity contribution in [3.63, 3.8) is 0 Å². The molecule has 0 aromatic heterocycles. The predicted octanol–water partition coefficient (Wildman–Crippen LogP) is 1.97. The highest BCUT2D eigenvalue weighted by atomic mass is 32.2. The lowest BCUT2D eigenvalue weighted by Gasteiger charge is -2.15. The van der Waals surface area contributed by atoms with Crippen molar-refractivity contribution >= 4 is 9.84 Å². The van der Waals surface area contributed by atoms with Crippen LogP contribution in [0, 0.1) is 6.92 Å². The van der Waals surface area contributed by atoms with Gasteiger partial charge in [-0.2, -0.15) is 0 Å². The molecule has 1 aromatic rings. The first kappa shape index (κ1) is 17.1. The monoisotopic (exact) mass is 298 g/mol. The summed E-state index contributed by atoms with van der Waals surface area (Å²) in [5, 5.41) is 0. The first-order chi connectivity index (χ1) is 9.46. The van der Waals surface area contributed by atoms with E-state index in [9.17, 15) is 8.42 Å². The summed E-state index contributed by atoms with van der Waals surface area (Å²) in [5.41, 5.74) is 5.34. The Balaban J connectivity index is 2.34. The van der Waals surface area contributed by atoms with Crippen molar-refractivity contribution in [1.29, 1.82) is 0 Å². The zero-order valence-electron chi connectivity index (χ0n) is 12.4. The maximum Gasteiger partial charge on any atom is 0.150 e. The highest BCUT2D eigenvalue weighted by Crippen LogP contribution is 2.10. The average molecular weight is 298 g/mol. The Kier molecular flexibility index (Phi) is 7.19. The van der Waals surface area contributed by atoms with Crippen molar-refractivity contribution < 1.29 is 8.42 Å². The van der Waals surface area contributed by atoms with Crippen LogP contribution in [0.2, 0.25) is 0 Å². The van der Waals surface area contributed by atoms with Crippen LogP contribution in [0.5, 0.6) is 0 Å². The van der Waals surface area contributed by atoms with Gasteiger partial charge in [0.05, 0.1) is 5.75 Å². The van der Waals surface area contributed by atoms with Crippen LogP contribution in [0.1, 0.15) is 37.3 Å². The number of rotatable bonds is 9. The van der Waals surface area contributed by atoms with Crippen LogP contribution in [0.25, 0.3) is 0 Å². The van der Waals surface area contributed by atoms with Crippen LogP contribution in [-0.2, 0) is 16.3 Å². The van der Waals surface area contributed by atoms with Gasteiger partial charge in [0.15, 0.2) is 0 Å².